The van der Waals surface area contributed by atoms with Crippen LogP contribution in [0.15, 0.2) is 17.2 Å². The third-order valence-corrected chi connectivity index (χ3v) is 8.26. The summed E-state index contributed by atoms with van der Waals surface area (Å²) in [7, 11) is -0.660. The molecule has 30 heavy (non-hydrogen) atoms. The number of nitrogens with zero attached hydrogens (tertiary/aromatic N) is 2. The summed E-state index contributed by atoms with van der Waals surface area (Å²) in [5.41, 5.74) is 0.308. The van der Waals surface area contributed by atoms with Crippen LogP contribution in [0.25, 0.3) is 0 Å². The molecule has 2 saturated heterocycles. The zero-order valence-electron chi connectivity index (χ0n) is 17.5. The SMILES string of the molecule is COC1CC2(CCN(c3ncc(S(=O)(=O)NC4CCOCC4OC)cc3F)CC2)C1. The summed E-state index contributed by atoms with van der Waals surface area (Å²) >= 11 is 0. The predicted molar refractivity (Wildman–Crippen MR) is 108 cm³/mol. The van der Waals surface area contributed by atoms with E-state index in [4.69, 9.17) is 14.2 Å². The Balaban J connectivity index is 1.42. The molecular formula is C20H30FN3O5S. The van der Waals surface area contributed by atoms with Crippen LogP contribution in [0, 0.1) is 11.2 Å². The number of sulfonamides is 1. The molecule has 1 aliphatic carbocycles. The molecule has 8 nitrogen and oxygen atoms in total. The maximum Gasteiger partial charge on any atom is 0.242 e. The van der Waals surface area contributed by atoms with Crippen molar-refractivity contribution in [2.75, 3.05) is 45.4 Å². The van der Waals surface area contributed by atoms with Gasteiger partial charge in [-0.2, -0.15) is 0 Å². The number of hydrogen-bond acceptors (Lipinski definition) is 7. The first-order valence-corrected chi connectivity index (χ1v) is 11.9. The highest BCUT2D eigenvalue weighted by atomic mass is 32.2. The number of methoxy groups -OCH3 is 2. The van der Waals surface area contributed by atoms with Gasteiger partial charge in [0.2, 0.25) is 10.0 Å². The van der Waals surface area contributed by atoms with Crippen LogP contribution in [0.4, 0.5) is 10.2 Å². The lowest BCUT2D eigenvalue weighted by atomic mass is 9.61. The number of ether oxygens (including phenoxy) is 3. The lowest BCUT2D eigenvalue weighted by molar-refractivity contribution is -0.0709. The van der Waals surface area contributed by atoms with Crippen LogP contribution in [0.3, 0.4) is 0 Å². The number of halogens is 1. The lowest BCUT2D eigenvalue weighted by Crippen LogP contribution is -2.50. The van der Waals surface area contributed by atoms with E-state index in [1.807, 2.05) is 4.90 Å². The van der Waals surface area contributed by atoms with E-state index in [1.54, 1.807) is 7.11 Å². The highest BCUT2D eigenvalue weighted by molar-refractivity contribution is 7.89. The molecule has 1 N–H and O–H groups in total. The van der Waals surface area contributed by atoms with Gasteiger partial charge in [-0.05, 0) is 43.6 Å². The molecule has 1 aromatic rings. The quantitative estimate of drug-likeness (QED) is 0.716. The Bertz CT molecular complexity index is 852. The minimum atomic E-state index is -3.92. The summed E-state index contributed by atoms with van der Waals surface area (Å²) in [6.45, 7) is 2.18. The molecule has 3 heterocycles. The molecule has 2 atom stereocenters. The fourth-order valence-electron chi connectivity index (χ4n) is 4.81. The Morgan fingerprint density at radius 1 is 1.27 bits per heavy atom. The Morgan fingerprint density at radius 2 is 2.00 bits per heavy atom. The fraction of sp³-hybridized carbons (Fsp3) is 0.750. The average Bonchev–Trinajstić information content (AvgIpc) is 2.72. The smallest absolute Gasteiger partial charge is 0.242 e. The molecule has 10 heteroatoms. The number of hydrogen-bond donors (Lipinski definition) is 1. The van der Waals surface area contributed by atoms with Crippen molar-refractivity contribution in [3.63, 3.8) is 0 Å². The molecule has 4 rings (SSSR count). The van der Waals surface area contributed by atoms with E-state index < -0.39 is 21.9 Å². The highest BCUT2D eigenvalue weighted by Crippen LogP contribution is 2.50. The minimum Gasteiger partial charge on any atom is -0.381 e. The Morgan fingerprint density at radius 3 is 2.63 bits per heavy atom. The molecule has 1 saturated carbocycles. The van der Waals surface area contributed by atoms with Crippen molar-refractivity contribution in [1.82, 2.24) is 9.71 Å². The number of aromatic nitrogens is 1. The van der Waals surface area contributed by atoms with Crippen molar-refractivity contribution in [3.05, 3.63) is 18.1 Å². The van der Waals surface area contributed by atoms with Gasteiger partial charge < -0.3 is 19.1 Å². The van der Waals surface area contributed by atoms with Crippen molar-refractivity contribution in [2.24, 2.45) is 5.41 Å². The molecule has 2 unspecified atom stereocenters. The molecule has 3 aliphatic rings. The third kappa shape index (κ3) is 4.34. The van der Waals surface area contributed by atoms with Gasteiger partial charge in [0.25, 0.3) is 0 Å². The first-order chi connectivity index (χ1) is 14.4. The van der Waals surface area contributed by atoms with Gasteiger partial charge in [0.1, 0.15) is 4.90 Å². The van der Waals surface area contributed by atoms with Gasteiger partial charge in [-0.1, -0.05) is 0 Å². The van der Waals surface area contributed by atoms with E-state index in [0.29, 0.717) is 44.2 Å². The molecule has 1 spiro atoms. The van der Waals surface area contributed by atoms with Gasteiger partial charge in [0, 0.05) is 40.1 Å². The molecule has 0 aromatic carbocycles. The summed E-state index contributed by atoms with van der Waals surface area (Å²) in [5.74, 6) is -0.403. The zero-order valence-corrected chi connectivity index (χ0v) is 18.3. The van der Waals surface area contributed by atoms with Gasteiger partial charge in [-0.25, -0.2) is 22.5 Å². The van der Waals surface area contributed by atoms with Gasteiger partial charge in [-0.3, -0.25) is 0 Å². The number of pyridine rings is 1. The average molecular weight is 444 g/mol. The summed E-state index contributed by atoms with van der Waals surface area (Å²) in [6.07, 6.45) is 5.75. The summed E-state index contributed by atoms with van der Waals surface area (Å²) in [5, 5.41) is 0. The largest absolute Gasteiger partial charge is 0.381 e. The first-order valence-electron chi connectivity index (χ1n) is 10.4. The fourth-order valence-corrected chi connectivity index (χ4v) is 6.07. The molecule has 0 bridgehead atoms. The molecular weight excluding hydrogens is 413 g/mol. The standard InChI is InChI=1S/C20H30FN3O5S/c1-27-14-10-20(11-14)4-6-24(7-5-20)19-16(21)9-15(12-22-19)30(25,26)23-17-3-8-29-13-18(17)28-2/h9,12,14,17-18,23H,3-8,10-11,13H2,1-2H3. The molecule has 168 valence electrons. The summed E-state index contributed by atoms with van der Waals surface area (Å²) < 4.78 is 59.0. The van der Waals surface area contributed by atoms with Gasteiger partial charge in [0.15, 0.2) is 11.6 Å². The van der Waals surface area contributed by atoms with Crippen LogP contribution in [0.2, 0.25) is 0 Å². The van der Waals surface area contributed by atoms with Gasteiger partial charge in [0.05, 0.1) is 24.9 Å². The van der Waals surface area contributed by atoms with Crippen LogP contribution in [-0.2, 0) is 24.2 Å². The van der Waals surface area contributed by atoms with Crippen molar-refractivity contribution in [1.29, 1.82) is 0 Å². The maximum atomic E-state index is 14.8. The minimum absolute atomic E-state index is 0.180. The normalized spacial score (nSPS) is 27.2. The van der Waals surface area contributed by atoms with Crippen molar-refractivity contribution >= 4 is 15.8 Å². The Labute approximate surface area is 177 Å². The molecule has 3 fully saturated rings. The van der Waals surface area contributed by atoms with Crippen LogP contribution < -0.4 is 9.62 Å². The third-order valence-electron chi connectivity index (χ3n) is 6.80. The van der Waals surface area contributed by atoms with Gasteiger partial charge in [-0.15, -0.1) is 0 Å². The van der Waals surface area contributed by atoms with Crippen molar-refractivity contribution in [3.8, 4) is 0 Å². The predicted octanol–water partition coefficient (Wildman–Crippen LogP) is 1.70. The summed E-state index contributed by atoms with van der Waals surface area (Å²) in [6, 6.07) is 0.633. The molecule has 2 aliphatic heterocycles. The molecule has 0 radical (unpaired) electrons. The highest BCUT2D eigenvalue weighted by Gasteiger charge is 2.46. The Hall–Kier alpha value is -1.33. The molecule has 1 aromatic heterocycles. The topological polar surface area (TPSA) is 90.0 Å². The second-order valence-electron chi connectivity index (χ2n) is 8.59. The van der Waals surface area contributed by atoms with E-state index in [-0.39, 0.29) is 16.8 Å². The second-order valence-corrected chi connectivity index (χ2v) is 10.3. The van der Waals surface area contributed by atoms with E-state index in [2.05, 4.69) is 9.71 Å². The number of anilines is 1. The number of rotatable bonds is 6. The van der Waals surface area contributed by atoms with E-state index >= 15 is 0 Å². The van der Waals surface area contributed by atoms with Crippen LogP contribution in [0.5, 0.6) is 0 Å². The van der Waals surface area contributed by atoms with E-state index in [0.717, 1.165) is 31.7 Å². The van der Waals surface area contributed by atoms with E-state index in [9.17, 15) is 12.8 Å². The zero-order chi connectivity index (χ0) is 21.4. The first kappa shape index (κ1) is 21.9. The maximum absolute atomic E-state index is 14.8. The van der Waals surface area contributed by atoms with Crippen LogP contribution in [0.1, 0.15) is 32.1 Å². The number of nitrogens with one attached hydrogen (secondary N) is 1. The van der Waals surface area contributed by atoms with Crippen molar-refractivity contribution in [2.45, 2.75) is 55.2 Å². The van der Waals surface area contributed by atoms with Gasteiger partial charge >= 0.3 is 0 Å². The van der Waals surface area contributed by atoms with Crippen LogP contribution >= 0.6 is 0 Å². The lowest BCUT2D eigenvalue weighted by Gasteiger charge is -2.51. The van der Waals surface area contributed by atoms with Crippen LogP contribution in [-0.4, -0.2) is 72.2 Å². The molecule has 0 amide bonds. The Kier molecular flexibility index (Phi) is 6.32. The monoisotopic (exact) mass is 443 g/mol. The summed E-state index contributed by atoms with van der Waals surface area (Å²) in [4.78, 5) is 5.90. The van der Waals surface area contributed by atoms with Crippen molar-refractivity contribution < 1.29 is 27.0 Å². The second kappa shape index (κ2) is 8.66. The number of piperidine rings is 1. The van der Waals surface area contributed by atoms with E-state index in [1.165, 1.54) is 13.3 Å².